The van der Waals surface area contributed by atoms with Gasteiger partial charge in [0.1, 0.15) is 5.60 Å². The summed E-state index contributed by atoms with van der Waals surface area (Å²) in [4.78, 5) is 0. The SMILES string of the molecule is COCCCC1(O)c2ccccc2C=Cc2c(Cl)cccc21. The topological polar surface area (TPSA) is 29.5 Å². The van der Waals surface area contributed by atoms with Crippen molar-refractivity contribution in [2.45, 2.75) is 18.4 Å². The molecule has 114 valence electrons. The number of fused-ring (bicyclic) bond motifs is 2. The maximum atomic E-state index is 11.6. The van der Waals surface area contributed by atoms with Crippen LogP contribution in [0, 0.1) is 0 Å². The Morgan fingerprint density at radius 1 is 1.05 bits per heavy atom. The number of rotatable bonds is 4. The first-order chi connectivity index (χ1) is 10.7. The molecule has 0 spiro atoms. The molecule has 1 unspecified atom stereocenters. The molecule has 3 heteroatoms. The van der Waals surface area contributed by atoms with E-state index in [4.69, 9.17) is 16.3 Å². The smallest absolute Gasteiger partial charge is 0.116 e. The zero-order valence-corrected chi connectivity index (χ0v) is 13.3. The van der Waals surface area contributed by atoms with Gasteiger partial charge in [-0.05, 0) is 41.2 Å². The van der Waals surface area contributed by atoms with Gasteiger partial charge in [0.05, 0.1) is 0 Å². The maximum absolute atomic E-state index is 11.6. The van der Waals surface area contributed by atoms with Gasteiger partial charge in [-0.3, -0.25) is 0 Å². The molecule has 0 saturated heterocycles. The van der Waals surface area contributed by atoms with Gasteiger partial charge in [0.25, 0.3) is 0 Å². The number of ether oxygens (including phenoxy) is 1. The van der Waals surface area contributed by atoms with Crippen molar-refractivity contribution < 1.29 is 9.84 Å². The van der Waals surface area contributed by atoms with E-state index in [9.17, 15) is 5.11 Å². The Bertz CT molecular complexity index is 708. The number of benzene rings is 2. The van der Waals surface area contributed by atoms with E-state index in [1.807, 2.05) is 54.6 Å². The molecule has 0 saturated carbocycles. The van der Waals surface area contributed by atoms with Crippen molar-refractivity contribution in [1.29, 1.82) is 0 Å². The van der Waals surface area contributed by atoms with E-state index >= 15 is 0 Å². The highest BCUT2D eigenvalue weighted by atomic mass is 35.5. The molecule has 3 rings (SSSR count). The van der Waals surface area contributed by atoms with Crippen LogP contribution in [0.4, 0.5) is 0 Å². The van der Waals surface area contributed by atoms with Crippen molar-refractivity contribution in [2.75, 3.05) is 13.7 Å². The van der Waals surface area contributed by atoms with E-state index in [1.54, 1.807) is 7.11 Å². The largest absolute Gasteiger partial charge is 0.385 e. The highest BCUT2D eigenvalue weighted by Crippen LogP contribution is 2.42. The van der Waals surface area contributed by atoms with Gasteiger partial charge < -0.3 is 9.84 Å². The summed E-state index contributed by atoms with van der Waals surface area (Å²) < 4.78 is 5.16. The Labute approximate surface area is 136 Å². The lowest BCUT2D eigenvalue weighted by atomic mass is 9.80. The lowest BCUT2D eigenvalue weighted by molar-refractivity contribution is 0.0583. The summed E-state index contributed by atoms with van der Waals surface area (Å²) in [6.45, 7) is 0.619. The van der Waals surface area contributed by atoms with Gasteiger partial charge in [-0.15, -0.1) is 0 Å². The lowest BCUT2D eigenvalue weighted by Gasteiger charge is -2.31. The van der Waals surface area contributed by atoms with Crippen LogP contribution in [-0.2, 0) is 10.3 Å². The standard InChI is InChI=1S/C19H19ClO2/c1-22-13-5-12-19(21)16-7-3-2-6-14(16)10-11-15-17(19)8-4-9-18(15)20/h2-4,6-11,21H,5,12-13H2,1H3. The third-order valence-electron chi connectivity index (χ3n) is 4.22. The number of hydrogen-bond donors (Lipinski definition) is 1. The molecule has 0 aliphatic heterocycles. The second-order valence-electron chi connectivity index (χ2n) is 5.58. The molecule has 0 radical (unpaired) electrons. The van der Waals surface area contributed by atoms with Crippen LogP contribution in [0.15, 0.2) is 42.5 Å². The molecule has 2 nitrogen and oxygen atoms in total. The molecule has 0 amide bonds. The predicted molar refractivity (Wildman–Crippen MR) is 90.9 cm³/mol. The van der Waals surface area contributed by atoms with Gasteiger partial charge in [0.15, 0.2) is 0 Å². The van der Waals surface area contributed by atoms with E-state index in [2.05, 4.69) is 0 Å². The van der Waals surface area contributed by atoms with Gasteiger partial charge in [-0.25, -0.2) is 0 Å². The van der Waals surface area contributed by atoms with E-state index in [1.165, 1.54) is 0 Å². The third kappa shape index (κ3) is 2.58. The molecule has 1 N–H and O–H groups in total. The molecule has 22 heavy (non-hydrogen) atoms. The number of aliphatic hydroxyl groups is 1. The monoisotopic (exact) mass is 314 g/mol. The van der Waals surface area contributed by atoms with Crippen LogP contribution in [0.2, 0.25) is 5.02 Å². The minimum Gasteiger partial charge on any atom is -0.385 e. The van der Waals surface area contributed by atoms with Crippen LogP contribution in [-0.4, -0.2) is 18.8 Å². The van der Waals surface area contributed by atoms with Gasteiger partial charge in [0.2, 0.25) is 0 Å². The minimum atomic E-state index is -1.06. The lowest BCUT2D eigenvalue weighted by Crippen LogP contribution is -2.29. The zero-order chi connectivity index (χ0) is 15.6. The Kier molecular flexibility index (Phi) is 4.34. The summed E-state index contributed by atoms with van der Waals surface area (Å²) in [5.41, 5.74) is 2.63. The molecule has 1 atom stereocenters. The quantitative estimate of drug-likeness (QED) is 0.843. The molecule has 2 aromatic rings. The molecule has 1 aliphatic carbocycles. The van der Waals surface area contributed by atoms with Crippen LogP contribution in [0.25, 0.3) is 12.2 Å². The first-order valence-electron chi connectivity index (χ1n) is 7.45. The molecule has 0 fully saturated rings. The highest BCUT2D eigenvalue weighted by molar-refractivity contribution is 6.32. The summed E-state index contributed by atoms with van der Waals surface area (Å²) in [5, 5.41) is 12.2. The Morgan fingerprint density at radius 2 is 1.82 bits per heavy atom. The first-order valence-corrected chi connectivity index (χ1v) is 7.82. The predicted octanol–water partition coefficient (Wildman–Crippen LogP) is 4.49. The van der Waals surface area contributed by atoms with Crippen molar-refractivity contribution in [3.63, 3.8) is 0 Å². The normalized spacial score (nSPS) is 19.4. The second kappa shape index (κ2) is 6.25. The van der Waals surface area contributed by atoms with Gasteiger partial charge in [0, 0.05) is 18.7 Å². The Morgan fingerprint density at radius 3 is 2.64 bits per heavy atom. The van der Waals surface area contributed by atoms with Crippen LogP contribution in [0.5, 0.6) is 0 Å². The maximum Gasteiger partial charge on any atom is 0.116 e. The van der Waals surface area contributed by atoms with E-state index in [0.717, 1.165) is 28.7 Å². The van der Waals surface area contributed by atoms with Gasteiger partial charge >= 0.3 is 0 Å². The van der Waals surface area contributed by atoms with Crippen LogP contribution in [0.3, 0.4) is 0 Å². The summed E-state index contributed by atoms with van der Waals surface area (Å²) in [7, 11) is 1.68. The Hall–Kier alpha value is -1.61. The minimum absolute atomic E-state index is 0.590. The van der Waals surface area contributed by atoms with Crippen molar-refractivity contribution in [3.05, 3.63) is 69.7 Å². The summed E-state index contributed by atoms with van der Waals surface area (Å²) >= 11 is 6.36. The Balaban J connectivity index is 2.18. The number of halogens is 1. The third-order valence-corrected chi connectivity index (χ3v) is 4.55. The molecule has 0 bridgehead atoms. The molecule has 0 heterocycles. The van der Waals surface area contributed by atoms with Crippen LogP contribution >= 0.6 is 11.6 Å². The van der Waals surface area contributed by atoms with Crippen molar-refractivity contribution in [1.82, 2.24) is 0 Å². The van der Waals surface area contributed by atoms with Crippen molar-refractivity contribution >= 4 is 23.8 Å². The number of methoxy groups -OCH3 is 1. The molecule has 1 aliphatic rings. The second-order valence-corrected chi connectivity index (χ2v) is 5.99. The van der Waals surface area contributed by atoms with E-state index in [0.29, 0.717) is 18.1 Å². The van der Waals surface area contributed by atoms with Crippen LogP contribution < -0.4 is 0 Å². The van der Waals surface area contributed by atoms with Gasteiger partial charge in [-0.2, -0.15) is 0 Å². The summed E-state index contributed by atoms with van der Waals surface area (Å²) in [6, 6.07) is 13.7. The first kappa shape index (κ1) is 15.3. The fourth-order valence-corrected chi connectivity index (χ4v) is 3.38. The fourth-order valence-electron chi connectivity index (χ4n) is 3.15. The average molecular weight is 315 g/mol. The summed E-state index contributed by atoms with van der Waals surface area (Å²) in [5.74, 6) is 0. The molecule has 0 aromatic heterocycles. The zero-order valence-electron chi connectivity index (χ0n) is 12.6. The number of hydrogen-bond acceptors (Lipinski definition) is 2. The van der Waals surface area contributed by atoms with Crippen molar-refractivity contribution in [2.24, 2.45) is 0 Å². The molecule has 2 aromatic carbocycles. The molecular formula is C19H19ClO2. The van der Waals surface area contributed by atoms with Crippen molar-refractivity contribution in [3.8, 4) is 0 Å². The summed E-state index contributed by atoms with van der Waals surface area (Å²) in [6.07, 6.45) is 5.37. The van der Waals surface area contributed by atoms with E-state index < -0.39 is 5.60 Å². The van der Waals surface area contributed by atoms with Crippen LogP contribution in [0.1, 0.15) is 35.1 Å². The van der Waals surface area contributed by atoms with Gasteiger partial charge in [-0.1, -0.05) is 60.2 Å². The highest BCUT2D eigenvalue weighted by Gasteiger charge is 2.36. The average Bonchev–Trinajstić information content (AvgIpc) is 2.65. The molecular weight excluding hydrogens is 296 g/mol. The van der Waals surface area contributed by atoms with E-state index in [-0.39, 0.29) is 0 Å². The fraction of sp³-hybridized carbons (Fsp3) is 0.263.